The van der Waals surface area contributed by atoms with Gasteiger partial charge in [0.25, 0.3) is 0 Å². The molecule has 2 aliphatic heterocycles. The third-order valence-corrected chi connectivity index (χ3v) is 7.02. The summed E-state index contributed by atoms with van der Waals surface area (Å²) in [5, 5.41) is 6.00. The molecule has 6 heteroatoms. The van der Waals surface area contributed by atoms with Gasteiger partial charge >= 0.3 is 0 Å². The number of piperidine rings is 1. The number of carbonyl (C=O) groups excluding carboxylic acids is 2. The largest absolute Gasteiger partial charge is 0.342 e. The Balaban J connectivity index is 1.66. The quantitative estimate of drug-likeness (QED) is 0.699. The van der Waals surface area contributed by atoms with Crippen molar-refractivity contribution >= 4 is 11.8 Å². The molecule has 4 atom stereocenters. The van der Waals surface area contributed by atoms with Crippen LogP contribution in [-0.2, 0) is 16.0 Å². The van der Waals surface area contributed by atoms with Gasteiger partial charge in [0.1, 0.15) is 6.04 Å². The number of hydrogen-bond acceptors (Lipinski definition) is 4. The van der Waals surface area contributed by atoms with Crippen LogP contribution in [0.4, 0.5) is 0 Å². The highest BCUT2D eigenvalue weighted by Crippen LogP contribution is 2.34. The number of likely N-dealkylation sites (N-methyl/N-ethyl adjacent to an activating group) is 1. The van der Waals surface area contributed by atoms with Crippen molar-refractivity contribution in [1.29, 1.82) is 0 Å². The number of amides is 2. The van der Waals surface area contributed by atoms with Crippen LogP contribution in [0.1, 0.15) is 46.1 Å². The highest BCUT2D eigenvalue weighted by Gasteiger charge is 2.45. The van der Waals surface area contributed by atoms with E-state index in [2.05, 4.69) is 50.8 Å². The summed E-state index contributed by atoms with van der Waals surface area (Å²) in [6.07, 6.45) is 3.25. The highest BCUT2D eigenvalue weighted by atomic mass is 16.2. The second kappa shape index (κ2) is 10.1. The van der Waals surface area contributed by atoms with Crippen molar-refractivity contribution in [3.05, 3.63) is 35.9 Å². The van der Waals surface area contributed by atoms with E-state index in [4.69, 9.17) is 0 Å². The summed E-state index contributed by atoms with van der Waals surface area (Å²) in [4.78, 5) is 30.8. The summed E-state index contributed by atoms with van der Waals surface area (Å²) in [5.74, 6) is 0.519. The molecule has 0 aliphatic carbocycles. The molecule has 2 heterocycles. The fraction of sp³-hybridized carbons (Fsp3) is 0.680. The molecule has 0 saturated carbocycles. The van der Waals surface area contributed by atoms with Crippen molar-refractivity contribution in [1.82, 2.24) is 20.4 Å². The van der Waals surface area contributed by atoms with Gasteiger partial charge in [0.15, 0.2) is 0 Å². The van der Waals surface area contributed by atoms with E-state index in [0.717, 1.165) is 45.4 Å². The van der Waals surface area contributed by atoms with E-state index in [-0.39, 0.29) is 29.3 Å². The molecule has 2 amide bonds. The number of benzene rings is 1. The lowest BCUT2D eigenvalue weighted by atomic mass is 9.85. The maximum Gasteiger partial charge on any atom is 0.245 e. The first-order valence-corrected chi connectivity index (χ1v) is 11.7. The van der Waals surface area contributed by atoms with Crippen LogP contribution >= 0.6 is 0 Å². The van der Waals surface area contributed by atoms with Crippen LogP contribution in [-0.4, -0.2) is 73.0 Å². The van der Waals surface area contributed by atoms with E-state index in [1.54, 1.807) is 7.05 Å². The Morgan fingerprint density at radius 3 is 2.45 bits per heavy atom. The van der Waals surface area contributed by atoms with Crippen LogP contribution in [0.3, 0.4) is 0 Å². The zero-order valence-electron chi connectivity index (χ0n) is 19.9. The van der Waals surface area contributed by atoms with Crippen LogP contribution in [0, 0.1) is 11.3 Å². The van der Waals surface area contributed by atoms with Crippen LogP contribution < -0.4 is 10.6 Å². The predicted molar refractivity (Wildman–Crippen MR) is 125 cm³/mol. The third-order valence-electron chi connectivity index (χ3n) is 7.02. The molecule has 2 saturated heterocycles. The number of nitrogens with zero attached hydrogens (tertiary/aromatic N) is 2. The Hall–Kier alpha value is -1.92. The smallest absolute Gasteiger partial charge is 0.245 e. The first-order valence-electron chi connectivity index (χ1n) is 11.7. The zero-order valence-corrected chi connectivity index (χ0v) is 19.9. The van der Waals surface area contributed by atoms with Crippen LogP contribution in [0.2, 0.25) is 0 Å². The van der Waals surface area contributed by atoms with Gasteiger partial charge in [-0.25, -0.2) is 0 Å². The van der Waals surface area contributed by atoms with Gasteiger partial charge in [-0.1, -0.05) is 51.1 Å². The summed E-state index contributed by atoms with van der Waals surface area (Å²) >= 11 is 0. The molecule has 0 aromatic heterocycles. The molecule has 3 rings (SSSR count). The molecule has 2 aliphatic rings. The van der Waals surface area contributed by atoms with Gasteiger partial charge in [-0.3, -0.25) is 9.59 Å². The van der Waals surface area contributed by atoms with Crippen molar-refractivity contribution in [2.24, 2.45) is 11.3 Å². The normalized spacial score (nSPS) is 23.8. The van der Waals surface area contributed by atoms with Crippen molar-refractivity contribution < 1.29 is 9.59 Å². The zero-order chi connectivity index (χ0) is 22.6. The standard InChI is InChI=1S/C25H40N4O2/c1-18(26-5)23(30)27-22(25(2,3)4)24(31)29-16-13-20-12-15-28(17-21(20)29)14-11-19-9-7-6-8-10-19/h6-10,18,20-22,26H,11-17H2,1-5H3,(H,27,30)/t18?,20-,21-,22-/m1/s1. The van der Waals surface area contributed by atoms with Gasteiger partial charge in [-0.05, 0) is 56.7 Å². The van der Waals surface area contributed by atoms with Crippen molar-refractivity contribution in [3.63, 3.8) is 0 Å². The lowest BCUT2D eigenvalue weighted by molar-refractivity contribution is -0.141. The van der Waals surface area contributed by atoms with E-state index in [1.165, 1.54) is 5.56 Å². The van der Waals surface area contributed by atoms with Crippen LogP contribution in [0.5, 0.6) is 0 Å². The topological polar surface area (TPSA) is 64.7 Å². The number of carbonyl (C=O) groups is 2. The first kappa shape index (κ1) is 23.7. The monoisotopic (exact) mass is 428 g/mol. The van der Waals surface area contributed by atoms with E-state index < -0.39 is 6.04 Å². The SMILES string of the molecule is CNC(C)C(=O)N[C@H](C(=O)N1CC[C@H]2CCN(CCc3ccccc3)C[C@H]21)C(C)(C)C. The van der Waals surface area contributed by atoms with Gasteiger partial charge in [0.2, 0.25) is 11.8 Å². The molecule has 172 valence electrons. The average Bonchev–Trinajstić information content (AvgIpc) is 3.18. The Morgan fingerprint density at radius 2 is 1.81 bits per heavy atom. The van der Waals surface area contributed by atoms with Gasteiger partial charge in [-0.2, -0.15) is 0 Å². The molecule has 0 radical (unpaired) electrons. The van der Waals surface area contributed by atoms with E-state index in [1.807, 2.05) is 27.7 Å². The first-order chi connectivity index (χ1) is 14.7. The molecule has 1 aromatic rings. The minimum atomic E-state index is -0.519. The van der Waals surface area contributed by atoms with Crippen LogP contribution in [0.25, 0.3) is 0 Å². The van der Waals surface area contributed by atoms with Gasteiger partial charge in [0, 0.05) is 25.7 Å². The third kappa shape index (κ3) is 5.86. The molecule has 2 N–H and O–H groups in total. The van der Waals surface area contributed by atoms with E-state index in [0.29, 0.717) is 5.92 Å². The molecule has 0 bridgehead atoms. The Bertz CT molecular complexity index is 746. The second-order valence-electron chi connectivity index (χ2n) is 10.3. The fourth-order valence-corrected chi connectivity index (χ4v) is 4.83. The molecule has 2 fully saturated rings. The molecular weight excluding hydrogens is 388 g/mol. The summed E-state index contributed by atoms with van der Waals surface area (Å²) in [7, 11) is 1.76. The average molecular weight is 429 g/mol. The van der Waals surface area contributed by atoms with Crippen molar-refractivity contribution in [2.45, 2.75) is 65.1 Å². The van der Waals surface area contributed by atoms with Gasteiger partial charge < -0.3 is 20.4 Å². The van der Waals surface area contributed by atoms with E-state index in [9.17, 15) is 9.59 Å². The molecule has 1 aromatic carbocycles. The number of nitrogens with one attached hydrogen (secondary N) is 2. The minimum absolute atomic E-state index is 0.0709. The molecular formula is C25H40N4O2. The Morgan fingerprint density at radius 1 is 1.13 bits per heavy atom. The van der Waals surface area contributed by atoms with Crippen molar-refractivity contribution in [2.75, 3.05) is 33.2 Å². The van der Waals surface area contributed by atoms with Gasteiger partial charge in [0.05, 0.1) is 6.04 Å². The number of likely N-dealkylation sites (tertiary alicyclic amines) is 2. The summed E-state index contributed by atoms with van der Waals surface area (Å²) < 4.78 is 0. The maximum absolute atomic E-state index is 13.7. The van der Waals surface area contributed by atoms with Gasteiger partial charge in [-0.15, -0.1) is 0 Å². The fourth-order valence-electron chi connectivity index (χ4n) is 4.83. The summed E-state index contributed by atoms with van der Waals surface area (Å²) in [6.45, 7) is 11.8. The maximum atomic E-state index is 13.7. The number of fused-ring (bicyclic) bond motifs is 1. The van der Waals surface area contributed by atoms with E-state index >= 15 is 0 Å². The molecule has 31 heavy (non-hydrogen) atoms. The second-order valence-corrected chi connectivity index (χ2v) is 10.3. The number of hydrogen-bond donors (Lipinski definition) is 2. The number of rotatable bonds is 7. The molecule has 6 nitrogen and oxygen atoms in total. The lowest BCUT2D eigenvalue weighted by Gasteiger charge is -2.41. The van der Waals surface area contributed by atoms with Crippen LogP contribution in [0.15, 0.2) is 30.3 Å². The summed E-state index contributed by atoms with van der Waals surface area (Å²) in [6, 6.07) is 10.0. The lowest BCUT2D eigenvalue weighted by Crippen LogP contribution is -2.60. The predicted octanol–water partition coefficient (Wildman–Crippen LogP) is 2.29. The van der Waals surface area contributed by atoms with Crippen molar-refractivity contribution in [3.8, 4) is 0 Å². The highest BCUT2D eigenvalue weighted by molar-refractivity contribution is 5.90. The summed E-state index contributed by atoms with van der Waals surface area (Å²) in [5.41, 5.74) is 1.01. The minimum Gasteiger partial charge on any atom is -0.342 e. The molecule has 1 unspecified atom stereocenters. The Labute approximate surface area is 187 Å². The Kier molecular flexibility index (Phi) is 7.76. The molecule has 0 spiro atoms.